The van der Waals surface area contributed by atoms with Crippen LogP contribution >= 0.6 is 11.6 Å². The Labute approximate surface area is 109 Å². The van der Waals surface area contributed by atoms with E-state index in [0.29, 0.717) is 16.3 Å². The van der Waals surface area contributed by atoms with Crippen molar-refractivity contribution in [1.29, 1.82) is 0 Å². The maximum absolute atomic E-state index is 12.3. The summed E-state index contributed by atoms with van der Waals surface area (Å²) in [5.41, 5.74) is 1.91. The molecule has 0 saturated heterocycles. The van der Waals surface area contributed by atoms with E-state index >= 15 is 0 Å². The summed E-state index contributed by atoms with van der Waals surface area (Å²) in [6, 6.07) is 12.5. The highest BCUT2D eigenvalue weighted by Crippen LogP contribution is 2.15. The van der Waals surface area contributed by atoms with Gasteiger partial charge < -0.3 is 0 Å². The number of carbonyl (C=O) groups is 1. The van der Waals surface area contributed by atoms with Gasteiger partial charge in [-0.25, -0.2) is 4.98 Å². The molecule has 88 valence electrons. The minimum absolute atomic E-state index is 0.0645. The van der Waals surface area contributed by atoms with Gasteiger partial charge in [0.25, 0.3) is 0 Å². The van der Waals surface area contributed by atoms with Crippen molar-refractivity contribution in [2.45, 2.75) is 0 Å². The normalized spacial score (nSPS) is 10.7. The van der Waals surface area contributed by atoms with Crippen molar-refractivity contribution in [3.8, 4) is 0 Å². The molecule has 2 aromatic heterocycles. The molecular formula is C14H9ClN2O. The summed E-state index contributed by atoms with van der Waals surface area (Å²) in [7, 11) is 0. The maximum atomic E-state index is 12.3. The Morgan fingerprint density at radius 3 is 2.67 bits per heavy atom. The van der Waals surface area contributed by atoms with Crippen LogP contribution in [-0.2, 0) is 0 Å². The highest BCUT2D eigenvalue weighted by atomic mass is 35.5. The molecule has 4 heteroatoms. The van der Waals surface area contributed by atoms with E-state index < -0.39 is 0 Å². The standard InChI is InChI=1S/C14H9ClN2O/c15-11-6-4-10(5-7-11)14(18)12-9-16-13-3-1-2-8-17(12)13/h1-9H. The summed E-state index contributed by atoms with van der Waals surface area (Å²) in [5, 5.41) is 0.615. The fourth-order valence-corrected chi connectivity index (χ4v) is 1.98. The molecule has 0 radical (unpaired) electrons. The zero-order valence-corrected chi connectivity index (χ0v) is 10.1. The third kappa shape index (κ3) is 1.79. The Bertz CT molecular complexity index is 716. The van der Waals surface area contributed by atoms with E-state index in [2.05, 4.69) is 4.98 Å². The maximum Gasteiger partial charge on any atom is 0.211 e. The summed E-state index contributed by atoms with van der Waals surface area (Å²) >= 11 is 5.81. The van der Waals surface area contributed by atoms with Crippen LogP contribution in [0.15, 0.2) is 54.9 Å². The molecule has 0 aliphatic carbocycles. The van der Waals surface area contributed by atoms with Crippen molar-refractivity contribution in [3.63, 3.8) is 0 Å². The highest BCUT2D eigenvalue weighted by Gasteiger charge is 2.13. The van der Waals surface area contributed by atoms with Gasteiger partial charge in [0.1, 0.15) is 11.3 Å². The number of ketones is 1. The third-order valence-corrected chi connectivity index (χ3v) is 3.01. The Kier molecular flexibility index (Phi) is 2.61. The molecule has 3 rings (SSSR count). The first-order valence-corrected chi connectivity index (χ1v) is 5.86. The summed E-state index contributed by atoms with van der Waals surface area (Å²) < 4.78 is 1.77. The van der Waals surface area contributed by atoms with Gasteiger partial charge in [0.05, 0.1) is 6.20 Å². The second-order valence-corrected chi connectivity index (χ2v) is 4.34. The SMILES string of the molecule is O=C(c1ccc(Cl)cc1)c1cnc2ccccn12. The van der Waals surface area contributed by atoms with Crippen LogP contribution in [0.4, 0.5) is 0 Å². The van der Waals surface area contributed by atoms with E-state index in [1.54, 1.807) is 34.9 Å². The van der Waals surface area contributed by atoms with Gasteiger partial charge in [-0.1, -0.05) is 17.7 Å². The van der Waals surface area contributed by atoms with Crippen LogP contribution in [0, 0.1) is 0 Å². The molecule has 0 fully saturated rings. The van der Waals surface area contributed by atoms with Gasteiger partial charge in [-0.3, -0.25) is 9.20 Å². The van der Waals surface area contributed by atoms with Crippen LogP contribution < -0.4 is 0 Å². The molecule has 3 aromatic rings. The van der Waals surface area contributed by atoms with Gasteiger partial charge in [-0.15, -0.1) is 0 Å². The molecule has 0 N–H and O–H groups in total. The van der Waals surface area contributed by atoms with Crippen molar-refractivity contribution in [3.05, 3.63) is 71.1 Å². The lowest BCUT2D eigenvalue weighted by molar-refractivity contribution is 0.103. The molecule has 0 saturated carbocycles. The minimum atomic E-state index is -0.0645. The van der Waals surface area contributed by atoms with Crippen LogP contribution in [0.25, 0.3) is 5.65 Å². The van der Waals surface area contributed by atoms with Crippen molar-refractivity contribution in [1.82, 2.24) is 9.38 Å². The van der Waals surface area contributed by atoms with Crippen LogP contribution in [0.5, 0.6) is 0 Å². The largest absolute Gasteiger partial charge is 0.297 e. The number of halogens is 1. The van der Waals surface area contributed by atoms with E-state index in [1.165, 1.54) is 0 Å². The summed E-state index contributed by atoms with van der Waals surface area (Å²) in [5.74, 6) is -0.0645. The molecule has 0 aliphatic rings. The van der Waals surface area contributed by atoms with E-state index in [9.17, 15) is 4.79 Å². The number of carbonyl (C=O) groups excluding carboxylic acids is 1. The topological polar surface area (TPSA) is 34.4 Å². The average Bonchev–Trinajstić information content (AvgIpc) is 2.82. The first kappa shape index (κ1) is 11.0. The molecule has 0 unspecified atom stereocenters. The monoisotopic (exact) mass is 256 g/mol. The van der Waals surface area contributed by atoms with Crippen molar-refractivity contribution >= 4 is 23.0 Å². The Morgan fingerprint density at radius 2 is 1.89 bits per heavy atom. The molecule has 18 heavy (non-hydrogen) atoms. The Hall–Kier alpha value is -2.13. The average molecular weight is 257 g/mol. The molecule has 0 aliphatic heterocycles. The molecular weight excluding hydrogens is 248 g/mol. The first-order chi connectivity index (χ1) is 8.75. The minimum Gasteiger partial charge on any atom is -0.297 e. The van der Waals surface area contributed by atoms with Crippen molar-refractivity contribution in [2.24, 2.45) is 0 Å². The fourth-order valence-electron chi connectivity index (χ4n) is 1.85. The summed E-state index contributed by atoms with van der Waals surface area (Å²) in [4.78, 5) is 16.5. The second kappa shape index (κ2) is 4.27. The molecule has 1 aromatic carbocycles. The lowest BCUT2D eigenvalue weighted by Gasteiger charge is -2.01. The van der Waals surface area contributed by atoms with E-state index in [4.69, 9.17) is 11.6 Å². The number of rotatable bonds is 2. The zero-order chi connectivity index (χ0) is 12.5. The van der Waals surface area contributed by atoms with E-state index in [0.717, 1.165) is 5.65 Å². The molecule has 3 nitrogen and oxygen atoms in total. The first-order valence-electron chi connectivity index (χ1n) is 5.48. The van der Waals surface area contributed by atoms with Gasteiger partial charge in [0, 0.05) is 16.8 Å². The molecule has 0 bridgehead atoms. The van der Waals surface area contributed by atoms with E-state index in [1.807, 2.05) is 24.4 Å². The molecule has 0 amide bonds. The second-order valence-electron chi connectivity index (χ2n) is 3.91. The quantitative estimate of drug-likeness (QED) is 0.660. The van der Waals surface area contributed by atoms with E-state index in [-0.39, 0.29) is 5.78 Å². The van der Waals surface area contributed by atoms with Gasteiger partial charge in [0.2, 0.25) is 5.78 Å². The summed E-state index contributed by atoms with van der Waals surface area (Å²) in [6.07, 6.45) is 3.41. The Balaban J connectivity index is 2.09. The number of hydrogen-bond acceptors (Lipinski definition) is 2. The predicted molar refractivity (Wildman–Crippen MR) is 70.1 cm³/mol. The zero-order valence-electron chi connectivity index (χ0n) is 9.38. The number of nitrogens with zero attached hydrogens (tertiary/aromatic N) is 2. The predicted octanol–water partition coefficient (Wildman–Crippen LogP) is 3.22. The number of imidazole rings is 1. The number of pyridine rings is 1. The van der Waals surface area contributed by atoms with Crippen LogP contribution in [0.2, 0.25) is 5.02 Å². The fraction of sp³-hybridized carbons (Fsp3) is 0. The molecule has 2 heterocycles. The number of hydrogen-bond donors (Lipinski definition) is 0. The van der Waals surface area contributed by atoms with Gasteiger partial charge in [-0.05, 0) is 36.4 Å². The van der Waals surface area contributed by atoms with Crippen molar-refractivity contribution in [2.75, 3.05) is 0 Å². The van der Waals surface area contributed by atoms with Crippen molar-refractivity contribution < 1.29 is 4.79 Å². The van der Waals surface area contributed by atoms with Crippen LogP contribution in [0.3, 0.4) is 0 Å². The van der Waals surface area contributed by atoms with Crippen LogP contribution in [-0.4, -0.2) is 15.2 Å². The molecule has 0 atom stereocenters. The van der Waals surface area contributed by atoms with Gasteiger partial charge in [-0.2, -0.15) is 0 Å². The lowest BCUT2D eigenvalue weighted by atomic mass is 10.1. The van der Waals surface area contributed by atoms with Gasteiger partial charge >= 0.3 is 0 Å². The highest BCUT2D eigenvalue weighted by molar-refractivity contribution is 6.30. The third-order valence-electron chi connectivity index (χ3n) is 2.76. The Morgan fingerprint density at radius 1 is 1.11 bits per heavy atom. The van der Waals surface area contributed by atoms with Gasteiger partial charge in [0.15, 0.2) is 0 Å². The number of aromatic nitrogens is 2. The smallest absolute Gasteiger partial charge is 0.211 e. The number of fused-ring (bicyclic) bond motifs is 1. The van der Waals surface area contributed by atoms with Crippen LogP contribution in [0.1, 0.15) is 16.1 Å². The molecule has 0 spiro atoms. The lowest BCUT2D eigenvalue weighted by Crippen LogP contribution is -2.04. The number of benzene rings is 1. The summed E-state index contributed by atoms with van der Waals surface area (Å²) in [6.45, 7) is 0.